The number of alkyl carbamates (subject to hydrolysis) is 1. The molecule has 2 atom stereocenters. The molecular formula is C25H28F2N2O5. The van der Waals surface area contributed by atoms with Crippen molar-refractivity contribution in [1.29, 1.82) is 0 Å². The number of hydrogen-bond donors (Lipinski definition) is 2. The van der Waals surface area contributed by atoms with E-state index in [9.17, 15) is 23.2 Å². The lowest BCUT2D eigenvalue weighted by Crippen LogP contribution is -2.47. The third kappa shape index (κ3) is 5.70. The summed E-state index contributed by atoms with van der Waals surface area (Å²) in [5, 5.41) is 11.0. The SMILES string of the molecule is CCN(C(=O)CC(NC(=O)OCC1c2ccccc2-c2ccccc21)C(F)F)C(C)CC(=O)O. The number of benzene rings is 2. The summed E-state index contributed by atoms with van der Waals surface area (Å²) in [5.41, 5.74) is 4.06. The van der Waals surface area contributed by atoms with Crippen LogP contribution in [0.1, 0.15) is 43.7 Å². The van der Waals surface area contributed by atoms with Gasteiger partial charge in [-0.15, -0.1) is 0 Å². The van der Waals surface area contributed by atoms with Crippen molar-refractivity contribution in [2.45, 2.75) is 51.1 Å². The smallest absolute Gasteiger partial charge is 0.407 e. The maximum absolute atomic E-state index is 13.6. The van der Waals surface area contributed by atoms with Gasteiger partial charge < -0.3 is 20.1 Å². The Kier molecular flexibility index (Phi) is 8.20. The van der Waals surface area contributed by atoms with Gasteiger partial charge in [-0.2, -0.15) is 0 Å². The summed E-state index contributed by atoms with van der Waals surface area (Å²) in [7, 11) is 0. The fourth-order valence-electron chi connectivity index (χ4n) is 4.40. The molecule has 0 spiro atoms. The van der Waals surface area contributed by atoms with Crippen LogP contribution < -0.4 is 5.32 Å². The summed E-state index contributed by atoms with van der Waals surface area (Å²) >= 11 is 0. The van der Waals surface area contributed by atoms with E-state index in [1.54, 1.807) is 6.92 Å². The first-order valence-corrected chi connectivity index (χ1v) is 11.1. The number of nitrogens with one attached hydrogen (secondary N) is 1. The molecule has 0 fully saturated rings. The summed E-state index contributed by atoms with van der Waals surface area (Å²) in [6, 6.07) is 13.1. The normalized spacial score (nSPS) is 14.1. The van der Waals surface area contributed by atoms with Crippen LogP contribution in [-0.2, 0) is 14.3 Å². The second kappa shape index (κ2) is 11.1. The van der Waals surface area contributed by atoms with Crippen molar-refractivity contribution in [3.8, 4) is 11.1 Å². The zero-order valence-corrected chi connectivity index (χ0v) is 19.0. The number of alkyl halides is 2. The van der Waals surface area contributed by atoms with E-state index in [0.29, 0.717) is 0 Å². The Balaban J connectivity index is 1.62. The zero-order chi connectivity index (χ0) is 24.8. The molecule has 34 heavy (non-hydrogen) atoms. The van der Waals surface area contributed by atoms with Gasteiger partial charge in [-0.1, -0.05) is 48.5 Å². The van der Waals surface area contributed by atoms with Crippen LogP contribution in [0, 0.1) is 0 Å². The highest BCUT2D eigenvalue weighted by molar-refractivity contribution is 5.80. The first kappa shape index (κ1) is 25.1. The maximum Gasteiger partial charge on any atom is 0.407 e. The third-order valence-corrected chi connectivity index (χ3v) is 6.01. The van der Waals surface area contributed by atoms with Gasteiger partial charge in [-0.05, 0) is 36.1 Å². The second-order valence-electron chi connectivity index (χ2n) is 8.24. The Hall–Kier alpha value is -3.49. The van der Waals surface area contributed by atoms with Gasteiger partial charge >= 0.3 is 12.1 Å². The van der Waals surface area contributed by atoms with E-state index in [2.05, 4.69) is 5.32 Å². The quantitative estimate of drug-likeness (QED) is 0.537. The molecule has 0 radical (unpaired) electrons. The van der Waals surface area contributed by atoms with Crippen molar-refractivity contribution in [2.75, 3.05) is 13.2 Å². The van der Waals surface area contributed by atoms with Crippen LogP contribution >= 0.6 is 0 Å². The van der Waals surface area contributed by atoms with Crippen LogP contribution in [0.3, 0.4) is 0 Å². The monoisotopic (exact) mass is 474 g/mol. The molecule has 2 amide bonds. The van der Waals surface area contributed by atoms with Crippen LogP contribution in [-0.4, -0.2) is 59.6 Å². The molecule has 2 aromatic rings. The van der Waals surface area contributed by atoms with E-state index >= 15 is 0 Å². The molecule has 7 nitrogen and oxygen atoms in total. The fourth-order valence-corrected chi connectivity index (χ4v) is 4.40. The fraction of sp³-hybridized carbons (Fsp3) is 0.400. The molecule has 0 aromatic heterocycles. The van der Waals surface area contributed by atoms with Gasteiger partial charge in [0.25, 0.3) is 6.43 Å². The van der Waals surface area contributed by atoms with Crippen molar-refractivity contribution in [3.05, 3.63) is 59.7 Å². The number of carboxylic acid groups (broad SMARTS) is 1. The molecule has 1 aliphatic carbocycles. The Morgan fingerprint density at radius 1 is 1.03 bits per heavy atom. The summed E-state index contributed by atoms with van der Waals surface area (Å²) in [4.78, 5) is 37.1. The summed E-state index contributed by atoms with van der Waals surface area (Å²) < 4.78 is 32.5. The van der Waals surface area contributed by atoms with Gasteiger partial charge in [0.15, 0.2) is 0 Å². The lowest BCUT2D eigenvalue weighted by Gasteiger charge is -2.29. The maximum atomic E-state index is 13.6. The molecule has 2 N–H and O–H groups in total. The highest BCUT2D eigenvalue weighted by atomic mass is 19.3. The molecule has 0 aliphatic heterocycles. The molecule has 2 aromatic carbocycles. The van der Waals surface area contributed by atoms with E-state index < -0.39 is 42.9 Å². The molecule has 182 valence electrons. The van der Waals surface area contributed by atoms with Crippen molar-refractivity contribution in [2.24, 2.45) is 0 Å². The Morgan fingerprint density at radius 2 is 1.59 bits per heavy atom. The molecule has 0 heterocycles. The first-order chi connectivity index (χ1) is 16.2. The average Bonchev–Trinajstić information content (AvgIpc) is 3.11. The van der Waals surface area contributed by atoms with Crippen molar-refractivity contribution in [3.63, 3.8) is 0 Å². The lowest BCUT2D eigenvalue weighted by atomic mass is 9.98. The number of rotatable bonds is 10. The Labute approximate surface area is 196 Å². The third-order valence-electron chi connectivity index (χ3n) is 6.01. The largest absolute Gasteiger partial charge is 0.481 e. The zero-order valence-electron chi connectivity index (χ0n) is 19.0. The summed E-state index contributed by atoms with van der Waals surface area (Å²) in [6.07, 6.45) is -5.02. The van der Waals surface area contributed by atoms with Gasteiger partial charge in [0.2, 0.25) is 5.91 Å². The summed E-state index contributed by atoms with van der Waals surface area (Å²) in [6.45, 7) is 3.28. The molecule has 0 bridgehead atoms. The molecule has 0 saturated heterocycles. The van der Waals surface area contributed by atoms with E-state index in [4.69, 9.17) is 9.84 Å². The molecule has 3 rings (SSSR count). The number of carbonyl (C=O) groups excluding carboxylic acids is 2. The van der Waals surface area contributed by atoms with E-state index in [-0.39, 0.29) is 25.5 Å². The topological polar surface area (TPSA) is 95.9 Å². The van der Waals surface area contributed by atoms with Gasteiger partial charge in [0, 0.05) is 18.5 Å². The second-order valence-corrected chi connectivity index (χ2v) is 8.24. The molecular weight excluding hydrogens is 446 g/mol. The highest BCUT2D eigenvalue weighted by Gasteiger charge is 2.32. The minimum absolute atomic E-state index is 0.0412. The van der Waals surface area contributed by atoms with Crippen molar-refractivity contribution >= 4 is 18.0 Å². The van der Waals surface area contributed by atoms with Crippen LogP contribution in [0.5, 0.6) is 0 Å². The minimum Gasteiger partial charge on any atom is -0.481 e. The number of halogens is 2. The summed E-state index contributed by atoms with van der Waals surface area (Å²) in [5.74, 6) is -1.99. The number of aliphatic carboxylic acids is 1. The van der Waals surface area contributed by atoms with Crippen LogP contribution in [0.15, 0.2) is 48.5 Å². The number of fused-ring (bicyclic) bond motifs is 3. The average molecular weight is 475 g/mol. The Morgan fingerprint density at radius 3 is 2.09 bits per heavy atom. The molecule has 9 heteroatoms. The van der Waals surface area contributed by atoms with E-state index in [1.807, 2.05) is 48.5 Å². The number of ether oxygens (including phenoxy) is 1. The number of carbonyl (C=O) groups is 3. The van der Waals surface area contributed by atoms with Gasteiger partial charge in [-0.3, -0.25) is 9.59 Å². The minimum atomic E-state index is -3.00. The van der Waals surface area contributed by atoms with E-state index in [0.717, 1.165) is 22.3 Å². The van der Waals surface area contributed by atoms with Crippen LogP contribution in [0.25, 0.3) is 11.1 Å². The number of amides is 2. The first-order valence-electron chi connectivity index (χ1n) is 11.1. The van der Waals surface area contributed by atoms with Gasteiger partial charge in [0.1, 0.15) is 12.6 Å². The number of hydrogen-bond acceptors (Lipinski definition) is 4. The number of carboxylic acids is 1. The number of nitrogens with zero attached hydrogens (tertiary/aromatic N) is 1. The molecule has 2 unspecified atom stereocenters. The van der Waals surface area contributed by atoms with Crippen LogP contribution in [0.2, 0.25) is 0 Å². The van der Waals surface area contributed by atoms with Gasteiger partial charge in [-0.25, -0.2) is 13.6 Å². The van der Waals surface area contributed by atoms with Crippen LogP contribution in [0.4, 0.5) is 13.6 Å². The molecule has 1 aliphatic rings. The van der Waals surface area contributed by atoms with Crippen molar-refractivity contribution in [1.82, 2.24) is 10.2 Å². The van der Waals surface area contributed by atoms with E-state index in [1.165, 1.54) is 11.8 Å². The van der Waals surface area contributed by atoms with Gasteiger partial charge in [0.05, 0.1) is 12.8 Å². The lowest BCUT2D eigenvalue weighted by molar-refractivity contribution is -0.140. The van der Waals surface area contributed by atoms with Crippen molar-refractivity contribution < 1.29 is 33.0 Å². The standard InChI is InChI=1S/C25H28F2N2O5/c1-3-29(15(2)12-23(31)32)22(30)13-21(24(26)27)28-25(33)34-14-20-18-10-6-4-8-16(18)17-9-5-7-11-19(17)20/h4-11,15,20-21,24H,3,12-14H2,1-2H3,(H,28,33)(H,31,32). The highest BCUT2D eigenvalue weighted by Crippen LogP contribution is 2.44. The predicted octanol–water partition coefficient (Wildman–Crippen LogP) is 4.26. The predicted molar refractivity (Wildman–Crippen MR) is 122 cm³/mol. The Bertz CT molecular complexity index is 1000. The molecule has 0 saturated carbocycles.